The highest BCUT2D eigenvalue weighted by Crippen LogP contribution is 2.22. The van der Waals surface area contributed by atoms with E-state index in [-0.39, 0.29) is 0 Å². The number of benzene rings is 1. The molecule has 0 bridgehead atoms. The van der Waals surface area contributed by atoms with Gasteiger partial charge in [0.2, 0.25) is 10.0 Å². The van der Waals surface area contributed by atoms with Crippen LogP contribution in [0.15, 0.2) is 29.2 Å². The van der Waals surface area contributed by atoms with Gasteiger partial charge in [0, 0.05) is 31.9 Å². The Morgan fingerprint density at radius 2 is 1.74 bits per heavy atom. The molecular weight excluding hydrogens is 310 g/mol. The number of nitrogens with zero attached hydrogens (tertiary/aromatic N) is 3. The average Bonchev–Trinajstić information content (AvgIpc) is 2.73. The molecule has 0 saturated heterocycles. The number of aryl methyl sites for hydroxylation is 2. The lowest BCUT2D eigenvalue weighted by atomic mass is 10.0. The van der Waals surface area contributed by atoms with Gasteiger partial charge < -0.3 is 0 Å². The highest BCUT2D eigenvalue weighted by molar-refractivity contribution is 7.89. The molecule has 0 N–H and O–H groups in total. The summed E-state index contributed by atoms with van der Waals surface area (Å²) in [4.78, 5) is 0.323. The lowest BCUT2D eigenvalue weighted by molar-refractivity contribution is 0.465. The van der Waals surface area contributed by atoms with Crippen LogP contribution in [0.3, 0.4) is 0 Å². The number of sulfonamides is 1. The van der Waals surface area contributed by atoms with E-state index in [1.54, 1.807) is 23.9 Å². The van der Waals surface area contributed by atoms with Gasteiger partial charge in [0.25, 0.3) is 0 Å². The zero-order valence-corrected chi connectivity index (χ0v) is 15.5. The Labute approximate surface area is 139 Å². The van der Waals surface area contributed by atoms with E-state index >= 15 is 0 Å². The van der Waals surface area contributed by atoms with E-state index in [0.717, 1.165) is 22.5 Å². The summed E-state index contributed by atoms with van der Waals surface area (Å²) in [6, 6.07) is 7.13. The summed E-state index contributed by atoms with van der Waals surface area (Å²) in [5.74, 6) is 0.380. The topological polar surface area (TPSA) is 55.2 Å². The standard InChI is InChI=1S/C17H25N3O2S/c1-12(2)15-7-9-16(10-8-15)23(21,22)19(5)11-17-13(3)18-20(6)14(17)4/h7-10,12H,11H2,1-6H3. The minimum absolute atomic E-state index is 0.319. The van der Waals surface area contributed by atoms with Crippen molar-refractivity contribution in [2.45, 2.75) is 45.1 Å². The SMILES string of the molecule is Cc1nn(C)c(C)c1CN(C)S(=O)(=O)c1ccc(C(C)C)cc1. The third kappa shape index (κ3) is 3.48. The molecule has 1 aromatic heterocycles. The van der Waals surface area contributed by atoms with Gasteiger partial charge in [-0.1, -0.05) is 26.0 Å². The molecule has 0 aliphatic carbocycles. The van der Waals surface area contributed by atoms with Gasteiger partial charge in [-0.05, 0) is 37.5 Å². The molecule has 1 aromatic carbocycles. The largest absolute Gasteiger partial charge is 0.272 e. The van der Waals surface area contributed by atoms with E-state index < -0.39 is 10.0 Å². The molecule has 5 nitrogen and oxygen atoms in total. The Kier molecular flexibility index (Phi) is 4.96. The monoisotopic (exact) mass is 335 g/mol. The zero-order valence-electron chi connectivity index (χ0n) is 14.7. The maximum atomic E-state index is 12.7. The first kappa shape index (κ1) is 17.7. The van der Waals surface area contributed by atoms with Crippen LogP contribution in [0.4, 0.5) is 0 Å². The van der Waals surface area contributed by atoms with Crippen LogP contribution in [0.25, 0.3) is 0 Å². The van der Waals surface area contributed by atoms with Gasteiger partial charge in [-0.25, -0.2) is 8.42 Å². The Morgan fingerprint density at radius 3 is 2.17 bits per heavy atom. The van der Waals surface area contributed by atoms with Crippen molar-refractivity contribution in [1.29, 1.82) is 0 Å². The predicted molar refractivity (Wildman–Crippen MR) is 91.9 cm³/mol. The van der Waals surface area contributed by atoms with Crippen LogP contribution >= 0.6 is 0 Å². The maximum Gasteiger partial charge on any atom is 0.243 e. The van der Waals surface area contributed by atoms with Crippen LogP contribution in [0, 0.1) is 13.8 Å². The van der Waals surface area contributed by atoms with Crippen LogP contribution in [0.1, 0.15) is 42.3 Å². The van der Waals surface area contributed by atoms with E-state index in [9.17, 15) is 8.42 Å². The number of hydrogen-bond donors (Lipinski definition) is 0. The summed E-state index contributed by atoms with van der Waals surface area (Å²) in [5.41, 5.74) is 3.94. The summed E-state index contributed by atoms with van der Waals surface area (Å²) in [7, 11) is -0.0329. The Morgan fingerprint density at radius 1 is 1.17 bits per heavy atom. The third-order valence-corrected chi connectivity index (χ3v) is 6.11. The van der Waals surface area contributed by atoms with Gasteiger partial charge in [0.05, 0.1) is 10.6 Å². The van der Waals surface area contributed by atoms with Crippen LogP contribution in [-0.2, 0) is 23.6 Å². The minimum atomic E-state index is -3.51. The highest BCUT2D eigenvalue weighted by Gasteiger charge is 2.23. The van der Waals surface area contributed by atoms with Gasteiger partial charge in [-0.15, -0.1) is 0 Å². The molecular formula is C17H25N3O2S. The smallest absolute Gasteiger partial charge is 0.243 e. The van der Waals surface area contributed by atoms with E-state index in [2.05, 4.69) is 18.9 Å². The number of rotatable bonds is 5. The normalized spacial score (nSPS) is 12.3. The van der Waals surface area contributed by atoms with Crippen molar-refractivity contribution < 1.29 is 8.42 Å². The molecule has 126 valence electrons. The fourth-order valence-corrected chi connectivity index (χ4v) is 3.70. The second-order valence-corrected chi connectivity index (χ2v) is 8.30. The van der Waals surface area contributed by atoms with Gasteiger partial charge in [-0.2, -0.15) is 9.40 Å². The number of aromatic nitrogens is 2. The quantitative estimate of drug-likeness (QED) is 0.844. The first-order chi connectivity index (χ1) is 10.6. The summed E-state index contributed by atoms with van der Waals surface area (Å²) in [6.45, 7) is 8.35. The predicted octanol–water partition coefficient (Wildman–Crippen LogP) is 2.98. The van der Waals surface area contributed by atoms with Crippen molar-refractivity contribution in [3.8, 4) is 0 Å². The van der Waals surface area contributed by atoms with Crippen molar-refractivity contribution in [2.24, 2.45) is 7.05 Å². The zero-order chi connectivity index (χ0) is 17.4. The molecule has 0 amide bonds. The first-order valence-corrected chi connectivity index (χ1v) is 9.14. The van der Waals surface area contributed by atoms with Crippen LogP contribution < -0.4 is 0 Å². The highest BCUT2D eigenvalue weighted by atomic mass is 32.2. The van der Waals surface area contributed by atoms with Crippen LogP contribution in [0.5, 0.6) is 0 Å². The molecule has 0 radical (unpaired) electrons. The van der Waals surface area contributed by atoms with Gasteiger partial charge in [0.15, 0.2) is 0 Å². The Balaban J connectivity index is 2.28. The fourth-order valence-electron chi connectivity index (χ4n) is 2.56. The maximum absolute atomic E-state index is 12.7. The summed E-state index contributed by atoms with van der Waals surface area (Å²) < 4.78 is 28.7. The van der Waals surface area contributed by atoms with E-state index in [1.165, 1.54) is 4.31 Å². The second-order valence-electron chi connectivity index (χ2n) is 6.26. The molecule has 0 fully saturated rings. The lowest BCUT2D eigenvalue weighted by Crippen LogP contribution is -2.27. The third-order valence-electron chi connectivity index (χ3n) is 4.29. The molecule has 0 saturated carbocycles. The average molecular weight is 335 g/mol. The summed E-state index contributed by atoms with van der Waals surface area (Å²) in [5, 5.41) is 4.34. The molecule has 2 aromatic rings. The van der Waals surface area contributed by atoms with E-state index in [1.807, 2.05) is 33.0 Å². The van der Waals surface area contributed by atoms with Crippen molar-refractivity contribution in [3.63, 3.8) is 0 Å². The molecule has 23 heavy (non-hydrogen) atoms. The van der Waals surface area contributed by atoms with Crippen molar-refractivity contribution in [1.82, 2.24) is 14.1 Å². The molecule has 1 heterocycles. The van der Waals surface area contributed by atoms with Gasteiger partial charge >= 0.3 is 0 Å². The Hall–Kier alpha value is -1.66. The molecule has 0 aliphatic heterocycles. The van der Waals surface area contributed by atoms with Crippen molar-refractivity contribution >= 4 is 10.0 Å². The molecule has 0 aliphatic rings. The van der Waals surface area contributed by atoms with Crippen LogP contribution in [-0.4, -0.2) is 29.6 Å². The molecule has 0 atom stereocenters. The molecule has 6 heteroatoms. The molecule has 2 rings (SSSR count). The van der Waals surface area contributed by atoms with Crippen molar-refractivity contribution in [3.05, 3.63) is 46.8 Å². The second kappa shape index (κ2) is 6.45. The molecule has 0 spiro atoms. The summed E-state index contributed by atoms with van der Waals surface area (Å²) in [6.07, 6.45) is 0. The minimum Gasteiger partial charge on any atom is -0.272 e. The summed E-state index contributed by atoms with van der Waals surface area (Å²) >= 11 is 0. The van der Waals surface area contributed by atoms with Gasteiger partial charge in [-0.3, -0.25) is 4.68 Å². The molecule has 0 unspecified atom stereocenters. The Bertz CT molecular complexity index is 790. The lowest BCUT2D eigenvalue weighted by Gasteiger charge is -2.18. The van der Waals surface area contributed by atoms with Gasteiger partial charge in [0.1, 0.15) is 0 Å². The van der Waals surface area contributed by atoms with Crippen LogP contribution in [0.2, 0.25) is 0 Å². The first-order valence-electron chi connectivity index (χ1n) is 7.70. The van der Waals surface area contributed by atoms with Crippen molar-refractivity contribution in [2.75, 3.05) is 7.05 Å². The van der Waals surface area contributed by atoms with E-state index in [4.69, 9.17) is 0 Å². The number of hydrogen-bond acceptors (Lipinski definition) is 3. The van der Waals surface area contributed by atoms with E-state index in [0.29, 0.717) is 17.4 Å². The fraction of sp³-hybridized carbons (Fsp3) is 0.471.